The highest BCUT2D eigenvalue weighted by Crippen LogP contribution is 2.20. The number of rotatable bonds is 4. The molecule has 0 N–H and O–H groups in total. The first-order chi connectivity index (χ1) is 9.08. The lowest BCUT2D eigenvalue weighted by Gasteiger charge is -2.09. The third-order valence-corrected chi connectivity index (χ3v) is 2.98. The zero-order valence-corrected chi connectivity index (χ0v) is 10.9. The predicted molar refractivity (Wildman–Crippen MR) is 71.9 cm³/mol. The van der Waals surface area contributed by atoms with Crippen LogP contribution in [0.3, 0.4) is 0 Å². The summed E-state index contributed by atoms with van der Waals surface area (Å²) in [5, 5.41) is 0. The van der Waals surface area contributed by atoms with Gasteiger partial charge in [0, 0.05) is 5.56 Å². The summed E-state index contributed by atoms with van der Waals surface area (Å²) in [6.45, 7) is 3.69. The van der Waals surface area contributed by atoms with Crippen LogP contribution in [-0.2, 0) is 6.61 Å². The van der Waals surface area contributed by atoms with Crippen LogP contribution in [-0.4, -0.2) is 5.78 Å². The first kappa shape index (κ1) is 13.3. The molecule has 0 radical (unpaired) electrons. The van der Waals surface area contributed by atoms with Gasteiger partial charge in [-0.1, -0.05) is 24.3 Å². The number of hydrogen-bond donors (Lipinski definition) is 0. The topological polar surface area (TPSA) is 26.3 Å². The second-order valence-electron chi connectivity index (χ2n) is 4.42. The van der Waals surface area contributed by atoms with Crippen LogP contribution < -0.4 is 4.74 Å². The van der Waals surface area contributed by atoms with E-state index in [2.05, 4.69) is 0 Å². The number of ketones is 1. The van der Waals surface area contributed by atoms with Gasteiger partial charge >= 0.3 is 0 Å². The van der Waals surface area contributed by atoms with Gasteiger partial charge in [-0.2, -0.15) is 0 Å². The van der Waals surface area contributed by atoms with E-state index >= 15 is 0 Å². The fourth-order valence-corrected chi connectivity index (χ4v) is 1.76. The molecule has 0 bridgehead atoms. The smallest absolute Gasteiger partial charge is 0.165 e. The fourth-order valence-electron chi connectivity index (χ4n) is 1.76. The first-order valence-corrected chi connectivity index (χ1v) is 6.05. The van der Waals surface area contributed by atoms with Gasteiger partial charge in [0.25, 0.3) is 0 Å². The molecule has 0 amide bonds. The number of benzene rings is 2. The van der Waals surface area contributed by atoms with Crippen molar-refractivity contribution in [3.05, 3.63) is 65.0 Å². The summed E-state index contributed by atoms with van der Waals surface area (Å²) in [4.78, 5) is 11.1. The fraction of sp³-hybridized carbons (Fsp3) is 0.188. The van der Waals surface area contributed by atoms with Crippen molar-refractivity contribution in [2.45, 2.75) is 20.5 Å². The zero-order chi connectivity index (χ0) is 13.8. The van der Waals surface area contributed by atoms with Gasteiger partial charge < -0.3 is 4.74 Å². The highest BCUT2D eigenvalue weighted by molar-refractivity contribution is 5.94. The number of ether oxygens (including phenoxy) is 1. The van der Waals surface area contributed by atoms with Crippen molar-refractivity contribution < 1.29 is 13.9 Å². The van der Waals surface area contributed by atoms with Crippen LogP contribution in [0, 0.1) is 12.7 Å². The van der Waals surface area contributed by atoms with Gasteiger partial charge in [-0.3, -0.25) is 4.79 Å². The minimum Gasteiger partial charge on any atom is -0.486 e. The number of hydrogen-bond acceptors (Lipinski definition) is 2. The molecule has 0 unspecified atom stereocenters. The average molecular weight is 258 g/mol. The third-order valence-electron chi connectivity index (χ3n) is 2.98. The summed E-state index contributed by atoms with van der Waals surface area (Å²) in [6, 6.07) is 12.0. The Morgan fingerprint density at radius 1 is 1.21 bits per heavy atom. The molecule has 0 aliphatic carbocycles. The van der Waals surface area contributed by atoms with Crippen LogP contribution in [0.2, 0.25) is 0 Å². The number of carbonyl (C=O) groups excluding carboxylic acids is 1. The molecule has 0 saturated heterocycles. The summed E-state index contributed by atoms with van der Waals surface area (Å²) in [5.41, 5.74) is 2.46. The molecule has 3 heteroatoms. The van der Waals surface area contributed by atoms with E-state index in [1.165, 1.54) is 19.1 Å². The molecule has 2 nitrogen and oxygen atoms in total. The lowest BCUT2D eigenvalue weighted by molar-refractivity contribution is 0.101. The van der Waals surface area contributed by atoms with Gasteiger partial charge in [-0.25, -0.2) is 4.39 Å². The first-order valence-electron chi connectivity index (χ1n) is 6.05. The van der Waals surface area contributed by atoms with Crippen LogP contribution >= 0.6 is 0 Å². The van der Waals surface area contributed by atoms with E-state index in [9.17, 15) is 9.18 Å². The SMILES string of the molecule is CC(=O)c1ccc(OCc2ccccc2C)c(F)c1. The molecule has 0 aliphatic heterocycles. The number of aryl methyl sites for hydroxylation is 1. The zero-order valence-electron chi connectivity index (χ0n) is 10.9. The van der Waals surface area contributed by atoms with E-state index in [0.29, 0.717) is 12.2 Å². The van der Waals surface area contributed by atoms with Gasteiger partial charge in [0.15, 0.2) is 17.3 Å². The summed E-state index contributed by atoms with van der Waals surface area (Å²) < 4.78 is 19.2. The number of carbonyl (C=O) groups is 1. The maximum Gasteiger partial charge on any atom is 0.165 e. The van der Waals surface area contributed by atoms with Gasteiger partial charge in [-0.05, 0) is 43.2 Å². The number of Topliss-reactive ketones (excluding diaryl/α,β-unsaturated/α-hetero) is 1. The summed E-state index contributed by atoms with van der Waals surface area (Å²) in [7, 11) is 0. The van der Waals surface area contributed by atoms with Crippen molar-refractivity contribution in [1.82, 2.24) is 0 Å². The highest BCUT2D eigenvalue weighted by atomic mass is 19.1. The second kappa shape index (κ2) is 5.65. The Balaban J connectivity index is 2.12. The molecule has 0 aliphatic rings. The van der Waals surface area contributed by atoms with E-state index in [0.717, 1.165) is 11.1 Å². The predicted octanol–water partition coefficient (Wildman–Crippen LogP) is 3.92. The molecule has 0 fully saturated rings. The van der Waals surface area contributed by atoms with Crippen molar-refractivity contribution in [2.24, 2.45) is 0 Å². The molecular weight excluding hydrogens is 243 g/mol. The maximum atomic E-state index is 13.7. The van der Waals surface area contributed by atoms with Gasteiger partial charge in [0.05, 0.1) is 0 Å². The molecule has 0 aromatic heterocycles. The van der Waals surface area contributed by atoms with Crippen LogP contribution in [0.25, 0.3) is 0 Å². The lowest BCUT2D eigenvalue weighted by atomic mass is 10.1. The van der Waals surface area contributed by atoms with Gasteiger partial charge in [0.1, 0.15) is 6.61 Å². The Hall–Kier alpha value is -2.16. The van der Waals surface area contributed by atoms with Crippen LogP contribution in [0.5, 0.6) is 5.75 Å². The minimum absolute atomic E-state index is 0.160. The molecule has 2 rings (SSSR count). The van der Waals surface area contributed by atoms with Crippen molar-refractivity contribution >= 4 is 5.78 Å². The molecule has 98 valence electrons. The second-order valence-corrected chi connectivity index (χ2v) is 4.42. The van der Waals surface area contributed by atoms with Crippen LogP contribution in [0.4, 0.5) is 4.39 Å². The van der Waals surface area contributed by atoms with Crippen LogP contribution in [0.1, 0.15) is 28.4 Å². The standard InChI is InChI=1S/C16H15FO2/c1-11-5-3-4-6-14(11)10-19-16-8-7-13(12(2)18)9-15(16)17/h3-9H,10H2,1-2H3. The molecular formula is C16H15FO2. The Kier molecular flexibility index (Phi) is 3.95. The Bertz CT molecular complexity index is 605. The number of halogens is 1. The molecule has 0 heterocycles. The molecule has 0 saturated carbocycles. The Morgan fingerprint density at radius 2 is 1.95 bits per heavy atom. The minimum atomic E-state index is -0.513. The van der Waals surface area contributed by atoms with E-state index in [1.807, 2.05) is 31.2 Å². The van der Waals surface area contributed by atoms with E-state index < -0.39 is 5.82 Å². The molecule has 0 spiro atoms. The lowest BCUT2D eigenvalue weighted by Crippen LogP contribution is -2.01. The summed E-state index contributed by atoms with van der Waals surface area (Å²) in [5.74, 6) is -0.515. The maximum absolute atomic E-state index is 13.7. The average Bonchev–Trinajstić information content (AvgIpc) is 2.39. The Labute approximate surface area is 111 Å². The molecule has 0 atom stereocenters. The van der Waals surface area contributed by atoms with Gasteiger partial charge in [0.2, 0.25) is 0 Å². The molecule has 19 heavy (non-hydrogen) atoms. The van der Waals surface area contributed by atoms with Crippen LogP contribution in [0.15, 0.2) is 42.5 Å². The quantitative estimate of drug-likeness (QED) is 0.777. The van der Waals surface area contributed by atoms with E-state index in [-0.39, 0.29) is 11.5 Å². The highest BCUT2D eigenvalue weighted by Gasteiger charge is 2.08. The largest absolute Gasteiger partial charge is 0.486 e. The third kappa shape index (κ3) is 3.19. The van der Waals surface area contributed by atoms with Gasteiger partial charge in [-0.15, -0.1) is 0 Å². The van der Waals surface area contributed by atoms with Crippen molar-refractivity contribution in [1.29, 1.82) is 0 Å². The monoisotopic (exact) mass is 258 g/mol. The molecule has 2 aromatic carbocycles. The summed E-state index contributed by atoms with van der Waals surface area (Å²) in [6.07, 6.45) is 0. The van der Waals surface area contributed by atoms with Crippen molar-refractivity contribution in [3.63, 3.8) is 0 Å². The van der Waals surface area contributed by atoms with E-state index in [1.54, 1.807) is 6.07 Å². The summed E-state index contributed by atoms with van der Waals surface area (Å²) >= 11 is 0. The van der Waals surface area contributed by atoms with Crippen molar-refractivity contribution in [3.8, 4) is 5.75 Å². The Morgan fingerprint density at radius 3 is 2.58 bits per heavy atom. The normalized spacial score (nSPS) is 10.3. The van der Waals surface area contributed by atoms with Crippen molar-refractivity contribution in [2.75, 3.05) is 0 Å². The molecule has 2 aromatic rings. The van der Waals surface area contributed by atoms with E-state index in [4.69, 9.17) is 4.74 Å².